The number of fused-ring (bicyclic) bond motifs is 8. The van der Waals surface area contributed by atoms with Crippen molar-refractivity contribution in [3.05, 3.63) is 123 Å². The second-order valence-corrected chi connectivity index (χ2v) is 25.2. The van der Waals surface area contributed by atoms with Crippen molar-refractivity contribution in [1.29, 1.82) is 0 Å². The van der Waals surface area contributed by atoms with Gasteiger partial charge in [0.05, 0.1) is 17.8 Å². The van der Waals surface area contributed by atoms with E-state index in [1.54, 1.807) is 27.7 Å². The van der Waals surface area contributed by atoms with Gasteiger partial charge in [0.1, 0.15) is 0 Å². The second kappa shape index (κ2) is 14.1. The third-order valence-electron chi connectivity index (χ3n) is 17.0. The predicted octanol–water partition coefficient (Wildman–Crippen LogP) is 14.6. The highest BCUT2D eigenvalue weighted by Crippen LogP contribution is 2.55. The van der Waals surface area contributed by atoms with Crippen molar-refractivity contribution >= 4 is 55.4 Å². The van der Waals surface area contributed by atoms with Crippen molar-refractivity contribution in [2.24, 2.45) is 17.8 Å². The van der Waals surface area contributed by atoms with Crippen LogP contribution in [0, 0.1) is 17.8 Å². The van der Waals surface area contributed by atoms with Crippen LogP contribution < -0.4 is 20.0 Å². The van der Waals surface area contributed by atoms with E-state index in [1.807, 2.05) is 0 Å². The maximum atomic E-state index is 2.91. The highest BCUT2D eigenvalue weighted by atomic mass is 32.1. The second-order valence-electron chi connectivity index (χ2n) is 24.1. The zero-order valence-electron chi connectivity index (χ0n) is 40.8. The molecule has 3 aromatic carbocycles. The molecule has 324 valence electrons. The molecule has 0 bridgehead atoms. The Bertz CT molecular complexity index is 2650. The van der Waals surface area contributed by atoms with Crippen molar-refractivity contribution in [3.8, 4) is 0 Å². The molecule has 3 heterocycles. The molecule has 2 aliphatic heterocycles. The van der Waals surface area contributed by atoms with Crippen LogP contribution in [0.15, 0.2) is 95.2 Å². The summed E-state index contributed by atoms with van der Waals surface area (Å²) in [6, 6.07) is 21.1. The standard InChI is InChI=1S/C58H73BN2S/c1-33(2)37-16-20-47(36(7)26-37)61-48-21-17-38(34(3)4)27-46(48)59-52-49(28-39(35(5)6)29-50(52)61)60(40-18-19-42-43(30-40)56(10,11)23-22-55(42,8)9)53-41-31-44-45(32-51(41)62-54(53)59)58(14,15)25-24-57(44,12)13/h16-21,26-27,29-36,47,49H,22-25,28H2,1-15H3. The fraction of sp³-hybridized carbons (Fsp3) is 0.517. The van der Waals surface area contributed by atoms with Gasteiger partial charge in [-0.2, -0.15) is 0 Å². The molecule has 4 aliphatic carbocycles. The SMILES string of the molecule is CC(C)C1=CC(C)C(N2C3=C4B(c5cc(C(C)C)ccc52)c2sc5cc6c(cc5c2N(c2ccc5c(c2)C(C)(C)CCC5(C)C)C4CC(C(C)C)=C3)C(C)(C)CCC6(C)C)C=C1. The van der Waals surface area contributed by atoms with Gasteiger partial charge in [-0.05, 0) is 158 Å². The van der Waals surface area contributed by atoms with Gasteiger partial charge in [0, 0.05) is 31.9 Å². The van der Waals surface area contributed by atoms with Crippen molar-refractivity contribution in [1.82, 2.24) is 0 Å². The van der Waals surface area contributed by atoms with Crippen molar-refractivity contribution in [3.63, 3.8) is 0 Å². The fourth-order valence-corrected chi connectivity index (χ4v) is 14.0. The lowest BCUT2D eigenvalue weighted by molar-refractivity contribution is 0.332. The van der Waals surface area contributed by atoms with E-state index in [4.69, 9.17) is 0 Å². The molecule has 3 atom stereocenters. The van der Waals surface area contributed by atoms with E-state index in [0.717, 1.165) is 6.42 Å². The first-order valence-corrected chi connectivity index (χ1v) is 25.2. The van der Waals surface area contributed by atoms with E-state index >= 15 is 0 Å². The van der Waals surface area contributed by atoms with Crippen LogP contribution in [0.4, 0.5) is 17.1 Å². The summed E-state index contributed by atoms with van der Waals surface area (Å²) in [6.45, 7) is 36.9. The molecule has 0 radical (unpaired) electrons. The minimum absolute atomic E-state index is 0.118. The number of rotatable bonds is 5. The molecule has 0 amide bonds. The molecule has 0 fully saturated rings. The summed E-state index contributed by atoms with van der Waals surface area (Å²) in [5.41, 5.74) is 20.1. The Morgan fingerprint density at radius 1 is 0.677 bits per heavy atom. The third-order valence-corrected chi connectivity index (χ3v) is 18.2. The smallest absolute Gasteiger partial charge is 0.259 e. The minimum atomic E-state index is 0.118. The lowest BCUT2D eigenvalue weighted by Crippen LogP contribution is -2.62. The van der Waals surface area contributed by atoms with Gasteiger partial charge in [-0.3, -0.25) is 0 Å². The van der Waals surface area contributed by atoms with Crippen LogP contribution in [-0.2, 0) is 21.7 Å². The Labute approximate surface area is 379 Å². The van der Waals surface area contributed by atoms with E-state index in [2.05, 4.69) is 198 Å². The number of hydrogen-bond donors (Lipinski definition) is 0. The van der Waals surface area contributed by atoms with E-state index in [1.165, 1.54) is 85.5 Å². The molecule has 2 nitrogen and oxygen atoms in total. The molecule has 1 aromatic heterocycles. The summed E-state index contributed by atoms with van der Waals surface area (Å²) in [5, 5.41) is 1.47. The molecular weight excluding hydrogens is 768 g/mol. The molecular formula is C58H73BN2S. The average Bonchev–Trinajstić information content (AvgIpc) is 3.58. The van der Waals surface area contributed by atoms with Crippen LogP contribution in [0.25, 0.3) is 10.1 Å². The summed E-state index contributed by atoms with van der Waals surface area (Å²) >= 11 is 2.11. The molecule has 62 heavy (non-hydrogen) atoms. The predicted molar refractivity (Wildman–Crippen MR) is 272 cm³/mol. The molecule has 0 saturated heterocycles. The van der Waals surface area contributed by atoms with Gasteiger partial charge < -0.3 is 9.80 Å². The maximum absolute atomic E-state index is 2.91. The minimum Gasteiger partial charge on any atom is -0.335 e. The van der Waals surface area contributed by atoms with Gasteiger partial charge in [-0.1, -0.05) is 146 Å². The van der Waals surface area contributed by atoms with Gasteiger partial charge in [0.15, 0.2) is 0 Å². The molecule has 0 N–H and O–H groups in total. The van der Waals surface area contributed by atoms with Crippen LogP contribution in [-0.4, -0.2) is 18.8 Å². The Morgan fingerprint density at radius 2 is 1.31 bits per heavy atom. The van der Waals surface area contributed by atoms with Crippen LogP contribution in [0.2, 0.25) is 0 Å². The number of thiophene rings is 1. The highest BCUT2D eigenvalue weighted by Gasteiger charge is 2.52. The van der Waals surface area contributed by atoms with Gasteiger partial charge in [-0.25, -0.2) is 0 Å². The quantitative estimate of drug-likeness (QED) is 0.185. The zero-order chi connectivity index (χ0) is 44.2. The summed E-state index contributed by atoms with van der Waals surface area (Å²) in [6.07, 6.45) is 16.2. The number of benzene rings is 3. The van der Waals surface area contributed by atoms with E-state index in [9.17, 15) is 0 Å². The van der Waals surface area contributed by atoms with Gasteiger partial charge in [0.25, 0.3) is 6.71 Å². The normalized spacial score (nSPS) is 25.1. The molecule has 0 saturated carbocycles. The Kier molecular flexibility index (Phi) is 9.61. The van der Waals surface area contributed by atoms with Crippen LogP contribution in [0.3, 0.4) is 0 Å². The van der Waals surface area contributed by atoms with Gasteiger partial charge in [-0.15, -0.1) is 11.3 Å². The van der Waals surface area contributed by atoms with E-state index in [-0.39, 0.29) is 40.5 Å². The number of nitrogens with zero attached hydrogens (tertiary/aromatic N) is 2. The molecule has 4 aromatic rings. The third kappa shape index (κ3) is 6.29. The molecule has 6 aliphatic rings. The maximum Gasteiger partial charge on any atom is 0.259 e. The molecule has 3 unspecified atom stereocenters. The lowest BCUT2D eigenvalue weighted by Gasteiger charge is -2.52. The van der Waals surface area contributed by atoms with Gasteiger partial charge in [0.2, 0.25) is 0 Å². The molecule has 10 rings (SSSR count). The first-order chi connectivity index (χ1) is 29.1. The van der Waals surface area contributed by atoms with Gasteiger partial charge >= 0.3 is 0 Å². The van der Waals surface area contributed by atoms with Crippen LogP contribution in [0.5, 0.6) is 0 Å². The lowest BCUT2D eigenvalue weighted by atomic mass is 9.33. The highest BCUT2D eigenvalue weighted by molar-refractivity contribution is 7.32. The summed E-state index contributed by atoms with van der Waals surface area (Å²) < 4.78 is 3.00. The largest absolute Gasteiger partial charge is 0.335 e. The Morgan fingerprint density at radius 3 is 1.92 bits per heavy atom. The van der Waals surface area contributed by atoms with Crippen molar-refractivity contribution < 1.29 is 0 Å². The topological polar surface area (TPSA) is 6.48 Å². The van der Waals surface area contributed by atoms with E-state index < -0.39 is 0 Å². The number of allylic oxidation sites excluding steroid dienone is 3. The van der Waals surface area contributed by atoms with Crippen molar-refractivity contribution in [2.45, 2.75) is 176 Å². The van der Waals surface area contributed by atoms with Crippen molar-refractivity contribution in [2.75, 3.05) is 9.80 Å². The zero-order valence-corrected chi connectivity index (χ0v) is 41.6. The number of hydrogen-bond acceptors (Lipinski definition) is 3. The first-order valence-electron chi connectivity index (χ1n) is 24.4. The van der Waals surface area contributed by atoms with E-state index in [0.29, 0.717) is 23.7 Å². The summed E-state index contributed by atoms with van der Waals surface area (Å²) in [7, 11) is 0. The summed E-state index contributed by atoms with van der Waals surface area (Å²) in [5.74, 6) is 1.79. The molecule has 0 spiro atoms. The Hall–Kier alpha value is -3.76. The average molecular weight is 841 g/mol. The fourth-order valence-electron chi connectivity index (χ4n) is 12.6. The van der Waals surface area contributed by atoms with Crippen LogP contribution in [0.1, 0.15) is 170 Å². The Balaban J connectivity index is 1.32. The first kappa shape index (κ1) is 42.2. The van der Waals surface area contributed by atoms with Crippen LogP contribution >= 0.6 is 11.3 Å². The number of anilines is 3. The molecule has 4 heteroatoms. The summed E-state index contributed by atoms with van der Waals surface area (Å²) in [4.78, 5) is 5.72. The monoisotopic (exact) mass is 841 g/mol.